The molecule has 2 nitrogen and oxygen atoms in total. The fourth-order valence-corrected chi connectivity index (χ4v) is 13.3. The topological polar surface area (TPSA) is 24.7 Å². The Morgan fingerprint density at radius 1 is 0.795 bits per heavy atom. The van der Waals surface area contributed by atoms with Crippen LogP contribution in [0.25, 0.3) is 6.08 Å². The van der Waals surface area contributed by atoms with E-state index in [-0.39, 0.29) is 0 Å². The van der Waals surface area contributed by atoms with Crippen LogP contribution in [0.15, 0.2) is 140 Å². The van der Waals surface area contributed by atoms with Crippen molar-refractivity contribution in [3.63, 3.8) is 0 Å². The fourth-order valence-electron chi connectivity index (χ4n) is 5.88. The number of allylic oxidation sites excluding steroid dienone is 7. The molecule has 2 heterocycles. The van der Waals surface area contributed by atoms with Gasteiger partial charge in [0.25, 0.3) is 0 Å². The third-order valence-corrected chi connectivity index (χ3v) is 14.8. The summed E-state index contributed by atoms with van der Waals surface area (Å²) >= 11 is 4.72. The Kier molecular flexibility index (Phi) is 9.80. The maximum absolute atomic E-state index is 4.64. The van der Waals surface area contributed by atoms with E-state index >= 15 is 0 Å². The van der Waals surface area contributed by atoms with Gasteiger partial charge >= 0.3 is 280 Å². The first kappa shape index (κ1) is 30.6. The standard InChI is InChI=1S/C38H31N2PS2.Os/c1-4-16-35-37-38(40-43-39-37)36(42-35)26-25-30(27-31-18-15-17-29(31)5-2)28(3)41(32-19-9-6-10-20-32,33-21-11-7-12-22-33)34-23-13-8-14-24-34;/h4-14,16,19-24,27H,15,17-18H2,1-2H3;/q+1;/b16-4+,29-5?,30-28?,31-27?;. The van der Waals surface area contributed by atoms with Crippen LogP contribution in [0.4, 0.5) is 11.4 Å². The Morgan fingerprint density at radius 3 is 1.91 bits per heavy atom. The number of nitrogens with zero attached hydrogens (tertiary/aromatic N) is 2. The van der Waals surface area contributed by atoms with E-state index in [1.54, 1.807) is 29.3 Å². The van der Waals surface area contributed by atoms with Crippen LogP contribution in [-0.2, 0) is 29.3 Å². The van der Waals surface area contributed by atoms with Gasteiger partial charge in [0.1, 0.15) is 0 Å². The van der Waals surface area contributed by atoms with E-state index in [1.807, 2.05) is 6.92 Å². The molecule has 0 bridgehead atoms. The van der Waals surface area contributed by atoms with Crippen molar-refractivity contribution in [2.45, 2.75) is 33.1 Å². The first-order valence-electron chi connectivity index (χ1n) is 14.6. The van der Waals surface area contributed by atoms with E-state index in [0.29, 0.717) is 0 Å². The molecule has 6 heteroatoms. The molecule has 44 heavy (non-hydrogen) atoms. The van der Waals surface area contributed by atoms with Gasteiger partial charge in [-0.05, 0) is 0 Å². The molecular weight excluding hydrogens is 770 g/mol. The molecule has 1 aromatic heterocycles. The predicted octanol–water partition coefficient (Wildman–Crippen LogP) is 9.67. The van der Waals surface area contributed by atoms with Crippen LogP contribution in [0.5, 0.6) is 0 Å². The zero-order valence-corrected chi connectivity index (χ0v) is 29.7. The molecule has 0 N–H and O–H groups in total. The molecule has 0 saturated heterocycles. The third kappa shape index (κ3) is 5.83. The molecule has 4 aromatic rings. The minimum atomic E-state index is -2.39. The van der Waals surface area contributed by atoms with Crippen molar-refractivity contribution in [2.75, 3.05) is 0 Å². The molecule has 0 atom stereocenters. The molecule has 0 amide bonds. The van der Waals surface area contributed by atoms with Crippen LogP contribution < -0.4 is 15.9 Å². The summed E-state index contributed by atoms with van der Waals surface area (Å²) in [6.07, 6.45) is 12.1. The second kappa shape index (κ2) is 14.1. The molecule has 0 spiro atoms. The molecule has 3 aromatic carbocycles. The Balaban J connectivity index is 1.71. The Labute approximate surface area is 278 Å². The van der Waals surface area contributed by atoms with Gasteiger partial charge in [0.15, 0.2) is 0 Å². The zero-order valence-electron chi connectivity index (χ0n) is 24.6. The van der Waals surface area contributed by atoms with Crippen LogP contribution in [-0.4, -0.2) is 0 Å². The number of hydrogen-bond donors (Lipinski definition) is 0. The van der Waals surface area contributed by atoms with Gasteiger partial charge in [0.2, 0.25) is 0 Å². The molecule has 6 rings (SSSR count). The summed E-state index contributed by atoms with van der Waals surface area (Å²) in [5.41, 5.74) is 5.65. The molecular formula is C38H31N2OsPS2+. The first-order chi connectivity index (χ1) is 21.7. The van der Waals surface area contributed by atoms with Crippen molar-refractivity contribution >= 4 is 63.3 Å². The SMILES string of the molecule is CC=C1CCCC1=CC(C#Cc1sc(/C=C/C)c2c1N=S=N2)=C([C]#[Os])[P+](c1ccccc1)(c1ccccc1)c1ccccc1. The second-order valence-electron chi connectivity index (χ2n) is 10.4. The van der Waals surface area contributed by atoms with Crippen molar-refractivity contribution in [3.05, 3.63) is 141 Å². The second-order valence-corrected chi connectivity index (χ2v) is 15.9. The first-order valence-corrected chi connectivity index (χ1v) is 19.2. The van der Waals surface area contributed by atoms with Gasteiger partial charge in [-0.2, -0.15) is 0 Å². The van der Waals surface area contributed by atoms with E-state index in [1.165, 1.54) is 50.1 Å². The summed E-state index contributed by atoms with van der Waals surface area (Å²) in [6, 6.07) is 33.0. The van der Waals surface area contributed by atoms with Crippen LogP contribution in [0, 0.1) is 16.2 Å². The van der Waals surface area contributed by atoms with Crippen molar-refractivity contribution in [1.29, 1.82) is 0 Å². The average molecular weight is 801 g/mol. The zero-order chi connectivity index (χ0) is 30.4. The molecule has 1 aliphatic carbocycles. The summed E-state index contributed by atoms with van der Waals surface area (Å²) in [4.78, 5) is 2.06. The van der Waals surface area contributed by atoms with Crippen molar-refractivity contribution < 1.29 is 17.9 Å². The number of rotatable bonds is 6. The van der Waals surface area contributed by atoms with E-state index in [4.69, 9.17) is 0 Å². The Bertz CT molecular complexity index is 1900. The van der Waals surface area contributed by atoms with Crippen LogP contribution in [0.1, 0.15) is 42.9 Å². The summed E-state index contributed by atoms with van der Waals surface area (Å²) < 4.78 is 13.0. The van der Waals surface area contributed by atoms with Crippen LogP contribution in [0.2, 0.25) is 0 Å². The number of hydrogen-bond acceptors (Lipinski definition) is 3. The van der Waals surface area contributed by atoms with E-state index in [2.05, 4.69) is 147 Å². The molecule has 1 aliphatic heterocycles. The van der Waals surface area contributed by atoms with Gasteiger partial charge in [0, 0.05) is 0 Å². The van der Waals surface area contributed by atoms with Gasteiger partial charge in [-0.25, -0.2) is 0 Å². The molecule has 2 aliphatic rings. The third-order valence-electron chi connectivity index (χ3n) is 7.85. The number of fused-ring (bicyclic) bond motifs is 1. The quantitative estimate of drug-likeness (QED) is 0.121. The van der Waals surface area contributed by atoms with E-state index < -0.39 is 7.26 Å². The Hall–Kier alpha value is -3.45. The van der Waals surface area contributed by atoms with Gasteiger partial charge in [-0.1, -0.05) is 0 Å². The van der Waals surface area contributed by atoms with Crippen molar-refractivity contribution in [2.24, 2.45) is 8.73 Å². The van der Waals surface area contributed by atoms with Gasteiger partial charge in [-0.15, -0.1) is 0 Å². The minimum absolute atomic E-state index is 0.894. The average Bonchev–Trinajstić information content (AvgIpc) is 3.82. The van der Waals surface area contributed by atoms with Crippen molar-refractivity contribution in [1.82, 2.24) is 0 Å². The number of benzene rings is 3. The molecule has 0 unspecified atom stereocenters. The molecule has 1 saturated carbocycles. The van der Waals surface area contributed by atoms with Gasteiger partial charge in [0.05, 0.1) is 0 Å². The van der Waals surface area contributed by atoms with E-state index in [0.717, 1.165) is 39.5 Å². The predicted molar refractivity (Wildman–Crippen MR) is 189 cm³/mol. The fraction of sp³-hybridized carbons (Fsp3) is 0.132. The molecule has 1 fully saturated rings. The Morgan fingerprint density at radius 2 is 1.36 bits per heavy atom. The summed E-state index contributed by atoms with van der Waals surface area (Å²) in [6.45, 7) is 4.18. The summed E-state index contributed by atoms with van der Waals surface area (Å²) in [5, 5.41) is 5.04. The van der Waals surface area contributed by atoms with Gasteiger partial charge in [-0.3, -0.25) is 0 Å². The molecule has 217 valence electrons. The summed E-state index contributed by atoms with van der Waals surface area (Å²) in [7, 11) is -2.39. The van der Waals surface area contributed by atoms with Crippen molar-refractivity contribution in [3.8, 4) is 16.2 Å². The van der Waals surface area contributed by atoms with Crippen LogP contribution >= 0.6 is 18.6 Å². The molecule has 0 radical (unpaired) electrons. The summed E-state index contributed by atoms with van der Waals surface area (Å²) in [5.74, 6) is 7.33. The normalized spacial score (nSPS) is 16.4. The monoisotopic (exact) mass is 802 g/mol. The van der Waals surface area contributed by atoms with Crippen LogP contribution in [0.3, 0.4) is 0 Å². The number of thiophene rings is 1. The van der Waals surface area contributed by atoms with E-state index in [9.17, 15) is 0 Å². The van der Waals surface area contributed by atoms with Gasteiger partial charge < -0.3 is 0 Å². The maximum atomic E-state index is 4.64.